The van der Waals surface area contributed by atoms with Crippen molar-refractivity contribution in [2.24, 2.45) is 5.10 Å². The molecule has 0 saturated carbocycles. The predicted octanol–water partition coefficient (Wildman–Crippen LogP) is 4.86. The maximum absolute atomic E-state index is 12.1. The van der Waals surface area contributed by atoms with Crippen LogP contribution in [-0.2, 0) is 11.2 Å². The van der Waals surface area contributed by atoms with Gasteiger partial charge in [-0.15, -0.1) is 11.8 Å². The number of hydrazone groups is 1. The fraction of sp³-hybridized carbons (Fsp3) is 0.176. The van der Waals surface area contributed by atoms with E-state index < -0.39 is 5.75 Å². The van der Waals surface area contributed by atoms with Gasteiger partial charge in [-0.1, -0.05) is 41.7 Å². The van der Waals surface area contributed by atoms with E-state index in [1.54, 1.807) is 23.9 Å². The molecule has 0 aliphatic heterocycles. The summed E-state index contributed by atoms with van der Waals surface area (Å²) >= 11 is 19.2. The Morgan fingerprint density at radius 2 is 1.96 bits per heavy atom. The molecule has 3 N–H and O–H groups in total. The van der Waals surface area contributed by atoms with Crippen LogP contribution >= 0.6 is 46.6 Å². The highest BCUT2D eigenvalue weighted by molar-refractivity contribution is 7.99. The first-order chi connectivity index (χ1) is 12.3. The number of hydrogen-bond donors (Lipinski definition) is 3. The Kier molecular flexibility index (Phi) is 7.46. The zero-order chi connectivity index (χ0) is 19.3. The molecule has 2 aromatic rings. The maximum atomic E-state index is 12.1. The fourth-order valence-electron chi connectivity index (χ4n) is 2.08. The third-order valence-corrected chi connectivity index (χ3v) is 5.14. The Morgan fingerprint density at radius 1 is 1.23 bits per heavy atom. The molecule has 1 amide bonds. The van der Waals surface area contributed by atoms with Crippen molar-refractivity contribution in [3.8, 4) is 11.5 Å². The van der Waals surface area contributed by atoms with Crippen LogP contribution in [0.25, 0.3) is 0 Å². The minimum Gasteiger partial charge on any atom is -0.506 e. The molecule has 0 fully saturated rings. The van der Waals surface area contributed by atoms with Crippen LogP contribution in [0.15, 0.2) is 34.3 Å². The van der Waals surface area contributed by atoms with E-state index in [0.29, 0.717) is 5.02 Å². The lowest BCUT2D eigenvalue weighted by Crippen LogP contribution is -2.20. The van der Waals surface area contributed by atoms with Crippen molar-refractivity contribution < 1.29 is 15.0 Å². The van der Waals surface area contributed by atoms with Crippen molar-refractivity contribution in [1.29, 1.82) is 0 Å². The van der Waals surface area contributed by atoms with Crippen LogP contribution in [0.3, 0.4) is 0 Å². The predicted molar refractivity (Wildman–Crippen MR) is 107 cm³/mol. The Labute approximate surface area is 170 Å². The highest BCUT2D eigenvalue weighted by Gasteiger charge is 2.14. The largest absolute Gasteiger partial charge is 0.506 e. The Bertz CT molecular complexity index is 860. The van der Waals surface area contributed by atoms with Gasteiger partial charge < -0.3 is 10.2 Å². The van der Waals surface area contributed by atoms with Crippen molar-refractivity contribution in [3.05, 3.63) is 50.5 Å². The molecule has 0 bridgehead atoms. The van der Waals surface area contributed by atoms with Gasteiger partial charge in [0.15, 0.2) is 5.75 Å². The van der Waals surface area contributed by atoms with Crippen molar-refractivity contribution in [1.82, 2.24) is 5.43 Å². The van der Waals surface area contributed by atoms with Crippen LogP contribution in [0.4, 0.5) is 0 Å². The maximum Gasteiger partial charge on any atom is 0.244 e. The summed E-state index contributed by atoms with van der Waals surface area (Å²) < 4.78 is 0. The molecule has 0 aliphatic carbocycles. The number of nitrogens with zero attached hydrogens (tertiary/aromatic N) is 1. The summed E-state index contributed by atoms with van der Waals surface area (Å²) in [6.07, 6.45) is 1.29. The van der Waals surface area contributed by atoms with Gasteiger partial charge in [-0.2, -0.15) is 5.10 Å². The van der Waals surface area contributed by atoms with Gasteiger partial charge in [-0.3, -0.25) is 4.79 Å². The minimum atomic E-state index is -0.422. The van der Waals surface area contributed by atoms with E-state index in [0.717, 1.165) is 16.2 Å². The molecule has 2 rings (SSSR count). The van der Waals surface area contributed by atoms with Crippen molar-refractivity contribution in [2.45, 2.75) is 18.2 Å². The number of phenolic OH excluding ortho intramolecular Hbond substituents is 2. The third-order valence-electron chi connectivity index (χ3n) is 3.26. The number of thioether (sulfide) groups is 1. The van der Waals surface area contributed by atoms with Gasteiger partial charge in [0.25, 0.3) is 0 Å². The van der Waals surface area contributed by atoms with Crippen LogP contribution in [0.2, 0.25) is 15.1 Å². The number of carbonyl (C=O) groups is 1. The molecule has 138 valence electrons. The van der Waals surface area contributed by atoms with E-state index in [4.69, 9.17) is 34.8 Å². The molecule has 0 aromatic heterocycles. The summed E-state index contributed by atoms with van der Waals surface area (Å²) in [7, 11) is 0. The van der Waals surface area contributed by atoms with Crippen LogP contribution in [0.5, 0.6) is 11.5 Å². The molecule has 9 heteroatoms. The van der Waals surface area contributed by atoms with Gasteiger partial charge in [0.2, 0.25) is 5.91 Å². The first-order valence-corrected chi connectivity index (χ1v) is 9.58. The zero-order valence-electron chi connectivity index (χ0n) is 13.6. The molecule has 0 heterocycles. The van der Waals surface area contributed by atoms with Gasteiger partial charge in [-0.25, -0.2) is 5.43 Å². The smallest absolute Gasteiger partial charge is 0.244 e. The summed E-state index contributed by atoms with van der Waals surface area (Å²) in [6.45, 7) is 2.02. The van der Waals surface area contributed by atoms with Gasteiger partial charge >= 0.3 is 0 Å². The molecule has 0 spiro atoms. The summed E-state index contributed by atoms with van der Waals surface area (Å²) in [5.74, 6) is -0.287. The van der Waals surface area contributed by atoms with Gasteiger partial charge in [0, 0.05) is 15.5 Å². The number of carbonyl (C=O) groups excluding carboxylic acids is 1. The number of hydrogen-bond acceptors (Lipinski definition) is 5. The van der Waals surface area contributed by atoms with Gasteiger partial charge in [0.1, 0.15) is 10.8 Å². The highest BCUT2D eigenvalue weighted by atomic mass is 35.5. The number of halogens is 3. The molecular weight excluding hydrogens is 419 g/mol. The third kappa shape index (κ3) is 5.20. The summed E-state index contributed by atoms with van der Waals surface area (Å²) in [6, 6.07) is 6.68. The monoisotopic (exact) mass is 432 g/mol. The van der Waals surface area contributed by atoms with Crippen LogP contribution in [0.1, 0.15) is 18.1 Å². The summed E-state index contributed by atoms with van der Waals surface area (Å²) in [5.41, 5.74) is 3.32. The molecule has 26 heavy (non-hydrogen) atoms. The molecule has 0 atom stereocenters. The molecule has 5 nitrogen and oxygen atoms in total. The van der Waals surface area contributed by atoms with E-state index in [-0.39, 0.29) is 33.7 Å². The van der Waals surface area contributed by atoms with E-state index in [2.05, 4.69) is 10.5 Å². The zero-order valence-corrected chi connectivity index (χ0v) is 16.7. The Hall–Kier alpha value is -1.60. The first kappa shape index (κ1) is 20.7. The molecule has 0 saturated heterocycles. The van der Waals surface area contributed by atoms with Crippen molar-refractivity contribution in [2.75, 3.05) is 5.75 Å². The molecular formula is C17H15Cl3N2O3S. The number of phenols is 2. The Morgan fingerprint density at radius 3 is 2.65 bits per heavy atom. The number of amides is 1. The Balaban J connectivity index is 2.08. The molecule has 0 radical (unpaired) electrons. The quantitative estimate of drug-likeness (QED) is 0.345. The van der Waals surface area contributed by atoms with E-state index in [9.17, 15) is 15.0 Å². The lowest BCUT2D eigenvalue weighted by atomic mass is 10.1. The molecule has 2 aromatic carbocycles. The number of aromatic hydroxyl groups is 2. The fourth-order valence-corrected chi connectivity index (χ4v) is 3.54. The highest BCUT2D eigenvalue weighted by Crippen LogP contribution is 2.40. The second kappa shape index (κ2) is 9.37. The van der Waals surface area contributed by atoms with Crippen molar-refractivity contribution >= 4 is 58.7 Å². The standard InChI is InChI=1S/C17H15Cl3N2O3S/c1-2-26-13-4-3-11(18)5-9(13)7-14(23)22-21-8-10-6-12(19)17(25)15(20)16(10)24/h3-6,8,24-25H,2,7H2,1H3,(H,22,23)/b21-8-. The number of nitrogens with one attached hydrogen (secondary N) is 1. The normalized spacial score (nSPS) is 11.1. The molecule has 0 unspecified atom stereocenters. The minimum absolute atomic E-state index is 0.0410. The lowest BCUT2D eigenvalue weighted by molar-refractivity contribution is -0.120. The number of benzene rings is 2. The number of rotatable bonds is 6. The molecule has 0 aliphatic rings. The van der Waals surface area contributed by atoms with E-state index in [1.165, 1.54) is 12.3 Å². The summed E-state index contributed by atoms with van der Waals surface area (Å²) in [4.78, 5) is 13.1. The second-order valence-corrected chi connectivity index (χ2v) is 7.64. The SMILES string of the molecule is CCSc1ccc(Cl)cc1CC(=O)N/N=C\c1cc(Cl)c(O)c(Cl)c1O. The van der Waals surface area contributed by atoms with Gasteiger partial charge in [0.05, 0.1) is 17.7 Å². The van der Waals surface area contributed by atoms with Crippen LogP contribution < -0.4 is 5.43 Å². The van der Waals surface area contributed by atoms with Crippen LogP contribution in [-0.4, -0.2) is 28.1 Å². The topological polar surface area (TPSA) is 81.9 Å². The second-order valence-electron chi connectivity index (χ2n) is 5.11. The first-order valence-electron chi connectivity index (χ1n) is 7.46. The average molecular weight is 434 g/mol. The lowest BCUT2D eigenvalue weighted by Gasteiger charge is -2.08. The van der Waals surface area contributed by atoms with Crippen LogP contribution in [0, 0.1) is 0 Å². The van der Waals surface area contributed by atoms with Crippen molar-refractivity contribution in [3.63, 3.8) is 0 Å². The van der Waals surface area contributed by atoms with Gasteiger partial charge in [-0.05, 0) is 35.6 Å². The average Bonchev–Trinajstić information content (AvgIpc) is 2.60. The summed E-state index contributed by atoms with van der Waals surface area (Å²) in [5, 5.41) is 23.4. The van der Waals surface area contributed by atoms with E-state index in [1.807, 2.05) is 13.0 Å². The van der Waals surface area contributed by atoms with E-state index >= 15 is 0 Å².